The second-order valence-corrected chi connectivity index (χ2v) is 14.3. The van der Waals surface area contributed by atoms with Crippen molar-refractivity contribution in [3.8, 4) is 0 Å². The predicted molar refractivity (Wildman–Crippen MR) is 218 cm³/mol. The molecule has 3 amide bonds. The number of carbonyl (C=O) groups excluding carboxylic acids is 3. The Labute approximate surface area is 341 Å². The van der Waals surface area contributed by atoms with Gasteiger partial charge in [-0.1, -0.05) is 84.0 Å². The number of carboxylic acids is 2. The van der Waals surface area contributed by atoms with Crippen LogP contribution in [0, 0.1) is 0 Å². The molecule has 57 heavy (non-hydrogen) atoms. The van der Waals surface area contributed by atoms with E-state index < -0.39 is 24.2 Å². The minimum absolute atomic E-state index is 0.00669. The highest BCUT2D eigenvalue weighted by atomic mass is 16.5. The lowest BCUT2D eigenvalue weighted by atomic mass is 10.0. The third kappa shape index (κ3) is 41.1. The van der Waals surface area contributed by atoms with Crippen LogP contribution in [-0.2, 0) is 42.9 Å². The number of unbranched alkanes of at least 4 members (excludes halogenated alkanes) is 14. The number of aliphatic hydroxyl groups is 1. The first-order chi connectivity index (χ1) is 27.6. The van der Waals surface area contributed by atoms with Crippen molar-refractivity contribution in [2.24, 2.45) is 0 Å². The van der Waals surface area contributed by atoms with Crippen molar-refractivity contribution in [1.82, 2.24) is 21.3 Å². The molecular weight excluding hydrogens is 740 g/mol. The molecule has 0 aromatic rings. The number of aliphatic carboxylic acids is 2. The zero-order valence-electron chi connectivity index (χ0n) is 35.0. The number of rotatable bonds is 44. The highest BCUT2D eigenvalue weighted by Crippen LogP contribution is 2.14. The molecule has 0 aromatic heterocycles. The molecule has 0 rings (SSSR count). The molecule has 2 atom stereocenters. The molecule has 0 saturated carbocycles. The number of ether oxygens (including phenoxy) is 4. The van der Waals surface area contributed by atoms with Gasteiger partial charge in [0.25, 0.3) is 0 Å². The number of hydrogen-bond acceptors (Lipinski definition) is 11. The Morgan fingerprint density at radius 2 is 0.965 bits per heavy atom. The van der Waals surface area contributed by atoms with Crippen LogP contribution in [0.3, 0.4) is 0 Å². The molecule has 16 nitrogen and oxygen atoms in total. The SMILES string of the molecule is CCC(=O)NCCOCCOCCC(O)NCCOCCOCCC(=O)NCCCC[C@H](NC(=O)CCCCCCCCCCCCCCCCC(=O)O)C(=O)O. The van der Waals surface area contributed by atoms with Crippen LogP contribution < -0.4 is 21.3 Å². The van der Waals surface area contributed by atoms with Gasteiger partial charge >= 0.3 is 11.9 Å². The largest absolute Gasteiger partial charge is 0.481 e. The average Bonchev–Trinajstić information content (AvgIpc) is 3.18. The summed E-state index contributed by atoms with van der Waals surface area (Å²) in [6.45, 7) is 6.11. The minimum atomic E-state index is -1.05. The molecule has 0 fully saturated rings. The molecule has 0 bridgehead atoms. The highest BCUT2D eigenvalue weighted by molar-refractivity contribution is 5.83. The highest BCUT2D eigenvalue weighted by Gasteiger charge is 2.19. The minimum Gasteiger partial charge on any atom is -0.481 e. The molecule has 0 aliphatic heterocycles. The molecule has 0 radical (unpaired) electrons. The molecule has 0 aliphatic carbocycles. The topological polar surface area (TPSA) is 231 Å². The van der Waals surface area contributed by atoms with E-state index >= 15 is 0 Å². The average molecular weight is 819 g/mol. The van der Waals surface area contributed by atoms with Crippen LogP contribution in [0.2, 0.25) is 0 Å². The summed E-state index contributed by atoms with van der Waals surface area (Å²) in [5.41, 5.74) is 0. The Hall–Kier alpha value is -2.89. The summed E-state index contributed by atoms with van der Waals surface area (Å²) >= 11 is 0. The third-order valence-electron chi connectivity index (χ3n) is 9.19. The van der Waals surface area contributed by atoms with Crippen LogP contribution in [0.5, 0.6) is 0 Å². The van der Waals surface area contributed by atoms with Crippen molar-refractivity contribution < 1.29 is 58.2 Å². The van der Waals surface area contributed by atoms with Gasteiger partial charge in [-0.05, 0) is 32.1 Å². The van der Waals surface area contributed by atoms with E-state index in [4.69, 9.17) is 24.1 Å². The Balaban J connectivity index is 3.59. The number of nitrogens with one attached hydrogen (secondary N) is 4. The van der Waals surface area contributed by atoms with Crippen molar-refractivity contribution in [1.29, 1.82) is 0 Å². The Morgan fingerprint density at radius 3 is 1.51 bits per heavy atom. The smallest absolute Gasteiger partial charge is 0.326 e. The molecule has 334 valence electrons. The first kappa shape index (κ1) is 54.1. The number of carboxylic acid groups (broad SMARTS) is 2. The standard InChI is InChI=1S/C41H78N4O12/c1-2-36(46)43-25-29-56-33-31-55-28-23-38(48)44-26-30-57-34-32-54-27-22-37(47)42-24-18-17-19-35(41(52)53)45-39(49)20-15-13-11-9-7-5-3-4-6-8-10-12-14-16-21-40(50)51/h35,38,44,48H,2-34H2,1H3,(H,42,47)(H,43,46)(H,45,49)(H,50,51)(H,52,53)/t35-,38?/m0/s1. The van der Waals surface area contributed by atoms with Gasteiger partial charge in [0, 0.05) is 51.7 Å². The zero-order valence-corrected chi connectivity index (χ0v) is 35.0. The molecule has 1 unspecified atom stereocenters. The quantitative estimate of drug-likeness (QED) is 0.0333. The fraction of sp³-hybridized carbons (Fsp3) is 0.878. The normalized spacial score (nSPS) is 12.2. The third-order valence-corrected chi connectivity index (χ3v) is 9.19. The summed E-state index contributed by atoms with van der Waals surface area (Å²) in [6, 6.07) is -0.933. The first-order valence-corrected chi connectivity index (χ1v) is 21.6. The number of hydrogen-bond donors (Lipinski definition) is 7. The molecule has 7 N–H and O–H groups in total. The van der Waals surface area contributed by atoms with Gasteiger partial charge in [-0.2, -0.15) is 0 Å². The van der Waals surface area contributed by atoms with E-state index in [-0.39, 0.29) is 37.2 Å². The van der Waals surface area contributed by atoms with E-state index in [2.05, 4.69) is 21.3 Å². The van der Waals surface area contributed by atoms with Crippen LogP contribution in [-0.4, -0.2) is 130 Å². The number of amides is 3. The number of aliphatic hydroxyl groups excluding tert-OH is 1. The van der Waals surface area contributed by atoms with Gasteiger partial charge in [-0.3, -0.25) is 24.5 Å². The van der Waals surface area contributed by atoms with Gasteiger partial charge in [0.2, 0.25) is 17.7 Å². The summed E-state index contributed by atoms with van der Waals surface area (Å²) in [6.07, 6.45) is 17.8. The summed E-state index contributed by atoms with van der Waals surface area (Å²) in [7, 11) is 0. The zero-order chi connectivity index (χ0) is 42.0. The summed E-state index contributed by atoms with van der Waals surface area (Å²) < 4.78 is 21.7. The van der Waals surface area contributed by atoms with Crippen molar-refractivity contribution in [2.75, 3.05) is 72.5 Å². The van der Waals surface area contributed by atoms with Gasteiger partial charge < -0.3 is 50.2 Å². The molecule has 16 heteroatoms. The van der Waals surface area contributed by atoms with Crippen molar-refractivity contribution in [3.05, 3.63) is 0 Å². The Morgan fingerprint density at radius 1 is 0.474 bits per heavy atom. The first-order valence-electron chi connectivity index (χ1n) is 21.6. The summed E-state index contributed by atoms with van der Waals surface area (Å²) in [5.74, 6) is -2.15. The second kappa shape index (κ2) is 41.3. The van der Waals surface area contributed by atoms with E-state index in [0.29, 0.717) is 104 Å². The molecule has 0 aliphatic rings. The van der Waals surface area contributed by atoms with Gasteiger partial charge in [-0.25, -0.2) is 4.79 Å². The molecule has 0 spiro atoms. The van der Waals surface area contributed by atoms with E-state index in [0.717, 1.165) is 44.9 Å². The van der Waals surface area contributed by atoms with Crippen LogP contribution >= 0.6 is 0 Å². The van der Waals surface area contributed by atoms with Crippen LogP contribution in [0.4, 0.5) is 0 Å². The maximum atomic E-state index is 12.3. The number of carbonyl (C=O) groups is 5. The molecule has 0 aromatic carbocycles. The molecule has 0 heterocycles. The van der Waals surface area contributed by atoms with Gasteiger partial charge in [0.15, 0.2) is 0 Å². The van der Waals surface area contributed by atoms with E-state index in [1.807, 2.05) is 0 Å². The van der Waals surface area contributed by atoms with Crippen LogP contribution in [0.25, 0.3) is 0 Å². The molecular formula is C41H78N4O12. The Bertz CT molecular complexity index is 1010. The van der Waals surface area contributed by atoms with E-state index in [1.54, 1.807) is 6.92 Å². The van der Waals surface area contributed by atoms with E-state index in [1.165, 1.54) is 44.9 Å². The fourth-order valence-electron chi connectivity index (χ4n) is 5.79. The second-order valence-electron chi connectivity index (χ2n) is 14.3. The van der Waals surface area contributed by atoms with Crippen molar-refractivity contribution in [2.45, 2.75) is 160 Å². The monoisotopic (exact) mass is 819 g/mol. The van der Waals surface area contributed by atoms with Crippen LogP contribution in [0.15, 0.2) is 0 Å². The maximum absolute atomic E-state index is 12.3. The molecule has 0 saturated heterocycles. The lowest BCUT2D eigenvalue weighted by Gasteiger charge is -2.14. The van der Waals surface area contributed by atoms with Gasteiger partial charge in [0.1, 0.15) is 12.3 Å². The Kier molecular flexibility index (Phi) is 39.2. The fourth-order valence-corrected chi connectivity index (χ4v) is 5.79. The summed E-state index contributed by atoms with van der Waals surface area (Å²) in [5, 5.41) is 39.3. The van der Waals surface area contributed by atoms with Crippen LogP contribution in [0.1, 0.15) is 148 Å². The van der Waals surface area contributed by atoms with Gasteiger partial charge in [-0.15, -0.1) is 0 Å². The summed E-state index contributed by atoms with van der Waals surface area (Å²) in [4.78, 5) is 57.7. The maximum Gasteiger partial charge on any atom is 0.326 e. The van der Waals surface area contributed by atoms with Crippen molar-refractivity contribution in [3.63, 3.8) is 0 Å². The van der Waals surface area contributed by atoms with Gasteiger partial charge in [0.05, 0.1) is 52.9 Å². The van der Waals surface area contributed by atoms with Crippen molar-refractivity contribution >= 4 is 29.7 Å². The lowest BCUT2D eigenvalue weighted by Crippen LogP contribution is -2.40. The van der Waals surface area contributed by atoms with E-state index in [9.17, 15) is 34.2 Å². The predicted octanol–water partition coefficient (Wildman–Crippen LogP) is 4.45. The lowest BCUT2D eigenvalue weighted by molar-refractivity contribution is -0.142.